The van der Waals surface area contributed by atoms with E-state index in [9.17, 15) is 4.79 Å². The van der Waals surface area contributed by atoms with Crippen LogP contribution in [-0.4, -0.2) is 78.0 Å². The smallest absolute Gasteiger partial charge is 0.410 e. The number of piperazine rings is 1. The number of rotatable bonds is 4. The van der Waals surface area contributed by atoms with Crippen LogP contribution in [0, 0.1) is 0 Å². The summed E-state index contributed by atoms with van der Waals surface area (Å²) in [6.07, 6.45) is 3.37. The molecule has 0 atom stereocenters. The van der Waals surface area contributed by atoms with Crippen LogP contribution in [0.3, 0.4) is 0 Å². The maximum absolute atomic E-state index is 12.4. The molecule has 40 heavy (non-hydrogen) atoms. The lowest BCUT2D eigenvalue weighted by Crippen LogP contribution is -2.47. The average Bonchev–Trinajstić information content (AvgIpc) is 3.56. The van der Waals surface area contributed by atoms with Gasteiger partial charge in [0, 0.05) is 43.3 Å². The fraction of sp³-hybridized carbons (Fsp3) is 0.586. The summed E-state index contributed by atoms with van der Waals surface area (Å²) in [6.45, 7) is 21.9. The zero-order valence-electron chi connectivity index (χ0n) is 25.5. The van der Waals surface area contributed by atoms with E-state index >= 15 is 0 Å². The highest BCUT2D eigenvalue weighted by atomic mass is 32.2. The van der Waals surface area contributed by atoms with Gasteiger partial charge in [-0.25, -0.2) is 23.7 Å². The van der Waals surface area contributed by atoms with E-state index in [4.69, 9.17) is 14.5 Å². The van der Waals surface area contributed by atoms with Crippen LogP contribution in [-0.2, 0) is 11.3 Å². The lowest BCUT2D eigenvalue weighted by Gasteiger charge is -2.34. The molecule has 11 heteroatoms. The summed E-state index contributed by atoms with van der Waals surface area (Å²) in [6, 6.07) is 6.44. The fourth-order valence-electron chi connectivity index (χ4n) is 4.28. The molecular weight excluding hydrogens is 526 g/mol. The second-order valence-electron chi connectivity index (χ2n) is 10.3. The van der Waals surface area contributed by atoms with Gasteiger partial charge in [0.1, 0.15) is 35.8 Å². The Morgan fingerprint density at radius 3 is 2.38 bits per heavy atom. The van der Waals surface area contributed by atoms with Crippen molar-refractivity contribution in [2.24, 2.45) is 0 Å². The van der Waals surface area contributed by atoms with Crippen LogP contribution >= 0.6 is 11.9 Å². The molecule has 2 aliphatic rings. The van der Waals surface area contributed by atoms with E-state index in [0.29, 0.717) is 26.2 Å². The minimum Gasteiger partial charge on any atom is -0.491 e. The van der Waals surface area contributed by atoms with Crippen molar-refractivity contribution in [3.8, 4) is 28.7 Å². The van der Waals surface area contributed by atoms with Crippen molar-refractivity contribution in [3.05, 3.63) is 30.7 Å². The first-order valence-corrected chi connectivity index (χ1v) is 15.1. The van der Waals surface area contributed by atoms with Gasteiger partial charge in [0.2, 0.25) is 0 Å². The summed E-state index contributed by atoms with van der Waals surface area (Å²) in [4.78, 5) is 24.7. The zero-order valence-corrected chi connectivity index (χ0v) is 26.3. The van der Waals surface area contributed by atoms with E-state index in [2.05, 4.69) is 44.9 Å². The summed E-state index contributed by atoms with van der Waals surface area (Å²) in [7, 11) is 0. The molecule has 0 aliphatic carbocycles. The zero-order chi connectivity index (χ0) is 29.4. The van der Waals surface area contributed by atoms with Gasteiger partial charge < -0.3 is 18.9 Å². The molecule has 4 heterocycles. The van der Waals surface area contributed by atoms with Gasteiger partial charge in [0.25, 0.3) is 0 Å². The molecule has 5 rings (SSSR count). The average molecular weight is 572 g/mol. The largest absolute Gasteiger partial charge is 0.491 e. The molecule has 0 spiro atoms. The Bertz CT molecular complexity index is 1240. The number of fused-ring (bicyclic) bond motifs is 3. The second kappa shape index (κ2) is 14.0. The normalized spacial score (nSPS) is 15.0. The Balaban J connectivity index is 0.00000106. The standard InChI is InChI=1S/C25H33N7O3S.2C2H6/c1-17(2)32-23(26-16-27-32)20-15-30-12-13-34-21-7-6-18(14-19(21)22(30)28-20)36-31-10-8-29(9-11-31)24(33)35-25(3,4)5;2*1-2/h6-7,14-17H,8-13H2,1-5H3;2*1-2H3. The molecule has 1 amide bonds. The fourth-order valence-corrected chi connectivity index (χ4v) is 5.22. The molecule has 220 valence electrons. The first-order valence-electron chi connectivity index (χ1n) is 14.3. The highest BCUT2D eigenvalue weighted by Gasteiger charge is 2.27. The van der Waals surface area contributed by atoms with Crippen LogP contribution in [0.1, 0.15) is 68.4 Å². The predicted octanol–water partition coefficient (Wildman–Crippen LogP) is 6.39. The summed E-state index contributed by atoms with van der Waals surface area (Å²) >= 11 is 1.69. The van der Waals surface area contributed by atoms with Crippen LogP contribution in [0.2, 0.25) is 0 Å². The van der Waals surface area contributed by atoms with Gasteiger partial charge in [-0.1, -0.05) is 27.7 Å². The van der Waals surface area contributed by atoms with Crippen LogP contribution in [0.15, 0.2) is 35.6 Å². The van der Waals surface area contributed by atoms with E-state index in [1.807, 2.05) is 65.4 Å². The number of carbonyl (C=O) groups excluding carboxylic acids is 1. The number of carbonyl (C=O) groups is 1. The molecule has 0 unspecified atom stereocenters. The molecule has 2 aliphatic heterocycles. The lowest BCUT2D eigenvalue weighted by atomic mass is 10.2. The van der Waals surface area contributed by atoms with E-state index in [1.165, 1.54) is 0 Å². The van der Waals surface area contributed by atoms with Crippen molar-refractivity contribution in [2.45, 2.75) is 85.4 Å². The third-order valence-electron chi connectivity index (χ3n) is 5.97. The third kappa shape index (κ3) is 7.57. The first kappa shape index (κ1) is 31.5. The molecule has 0 bridgehead atoms. The van der Waals surface area contributed by atoms with Crippen molar-refractivity contribution < 1.29 is 14.3 Å². The summed E-state index contributed by atoms with van der Waals surface area (Å²) in [5.41, 5.74) is 1.29. The number of nitrogens with zero attached hydrogens (tertiary/aromatic N) is 7. The maximum Gasteiger partial charge on any atom is 0.410 e. The van der Waals surface area contributed by atoms with E-state index < -0.39 is 5.60 Å². The Hall–Kier alpha value is -3.05. The van der Waals surface area contributed by atoms with Gasteiger partial charge >= 0.3 is 6.09 Å². The number of aromatic nitrogens is 5. The Labute approximate surface area is 243 Å². The van der Waals surface area contributed by atoms with Crippen molar-refractivity contribution >= 4 is 18.0 Å². The molecule has 2 aromatic heterocycles. The Kier molecular flexibility index (Phi) is 11.0. The molecule has 0 radical (unpaired) electrons. The van der Waals surface area contributed by atoms with Crippen molar-refractivity contribution in [1.29, 1.82) is 0 Å². The van der Waals surface area contributed by atoms with Crippen LogP contribution in [0.25, 0.3) is 22.9 Å². The van der Waals surface area contributed by atoms with Gasteiger partial charge in [-0.05, 0) is 64.8 Å². The van der Waals surface area contributed by atoms with Crippen molar-refractivity contribution in [2.75, 3.05) is 32.8 Å². The van der Waals surface area contributed by atoms with Crippen molar-refractivity contribution in [3.63, 3.8) is 0 Å². The molecule has 1 fully saturated rings. The molecular formula is C29H45N7O3S. The van der Waals surface area contributed by atoms with Crippen molar-refractivity contribution in [1.82, 2.24) is 33.5 Å². The third-order valence-corrected chi connectivity index (χ3v) is 7.06. The molecule has 3 aromatic rings. The summed E-state index contributed by atoms with van der Waals surface area (Å²) in [5, 5.41) is 4.36. The van der Waals surface area contributed by atoms with Crippen LogP contribution in [0.5, 0.6) is 5.75 Å². The number of amides is 1. The first-order chi connectivity index (χ1) is 19.2. The van der Waals surface area contributed by atoms with E-state index in [1.54, 1.807) is 23.2 Å². The predicted molar refractivity (Wildman–Crippen MR) is 160 cm³/mol. The van der Waals surface area contributed by atoms with E-state index in [0.717, 1.165) is 46.6 Å². The summed E-state index contributed by atoms with van der Waals surface area (Å²) < 4.78 is 17.9. The van der Waals surface area contributed by atoms with Crippen LogP contribution < -0.4 is 4.74 Å². The molecule has 1 saturated heterocycles. The van der Waals surface area contributed by atoms with Gasteiger partial charge in [-0.15, -0.1) is 0 Å². The number of ether oxygens (including phenoxy) is 2. The Morgan fingerprint density at radius 2 is 1.73 bits per heavy atom. The quantitative estimate of drug-likeness (QED) is 0.333. The van der Waals surface area contributed by atoms with Gasteiger partial charge in [0.05, 0.1) is 12.1 Å². The van der Waals surface area contributed by atoms with Crippen LogP contribution in [0.4, 0.5) is 4.79 Å². The highest BCUT2D eigenvalue weighted by molar-refractivity contribution is 7.97. The molecule has 10 nitrogen and oxygen atoms in total. The highest BCUT2D eigenvalue weighted by Crippen LogP contribution is 2.37. The SMILES string of the molecule is CC.CC.CC(C)n1ncnc1-c1cn2c(n1)-c1cc(SN3CCN(C(=O)OC(C)(C)C)CC3)ccc1OCC2. The Morgan fingerprint density at radius 1 is 1.02 bits per heavy atom. The molecule has 0 saturated carbocycles. The van der Waals surface area contributed by atoms with E-state index in [-0.39, 0.29) is 12.1 Å². The monoisotopic (exact) mass is 571 g/mol. The number of benzene rings is 1. The minimum absolute atomic E-state index is 0.193. The summed E-state index contributed by atoms with van der Waals surface area (Å²) in [5.74, 6) is 2.46. The molecule has 0 N–H and O–H groups in total. The number of imidazole rings is 1. The molecule has 1 aromatic carbocycles. The van der Waals surface area contributed by atoms with Gasteiger partial charge in [-0.3, -0.25) is 0 Å². The van der Waals surface area contributed by atoms with Gasteiger partial charge in [-0.2, -0.15) is 5.10 Å². The second-order valence-corrected chi connectivity index (χ2v) is 11.4. The maximum atomic E-state index is 12.4. The lowest BCUT2D eigenvalue weighted by molar-refractivity contribution is 0.0197. The number of hydrogen-bond acceptors (Lipinski definition) is 8. The van der Waals surface area contributed by atoms with Gasteiger partial charge in [0.15, 0.2) is 5.82 Å². The number of hydrogen-bond donors (Lipinski definition) is 0. The topological polar surface area (TPSA) is 90.5 Å². The minimum atomic E-state index is -0.483.